The number of hydrogen-bond acceptors (Lipinski definition) is 2. The van der Waals surface area contributed by atoms with Crippen molar-refractivity contribution in [3.63, 3.8) is 0 Å². The molecule has 0 aliphatic carbocycles. The van der Waals surface area contributed by atoms with Gasteiger partial charge in [0.1, 0.15) is 5.82 Å². The van der Waals surface area contributed by atoms with Crippen LogP contribution >= 0.6 is 0 Å². The number of halogens is 1. The van der Waals surface area contributed by atoms with Gasteiger partial charge in [0.05, 0.1) is 12.0 Å². The molecule has 1 heterocycles. The summed E-state index contributed by atoms with van der Waals surface area (Å²) in [5.41, 5.74) is 2.20. The van der Waals surface area contributed by atoms with Crippen molar-refractivity contribution in [1.82, 2.24) is 10.6 Å². The van der Waals surface area contributed by atoms with E-state index in [-0.39, 0.29) is 23.7 Å². The number of aryl methyl sites for hydroxylation is 2. The minimum Gasteiger partial charge on any atom is -0.349 e. The van der Waals surface area contributed by atoms with Gasteiger partial charge in [0.15, 0.2) is 0 Å². The third-order valence-corrected chi connectivity index (χ3v) is 3.75. The van der Waals surface area contributed by atoms with Crippen molar-refractivity contribution in [2.24, 2.45) is 5.92 Å². The number of carbonyl (C=O) groups is 1. The summed E-state index contributed by atoms with van der Waals surface area (Å²) in [6.45, 7) is 7.09. The normalized spacial score (nSPS) is 20.3. The van der Waals surface area contributed by atoms with Gasteiger partial charge in [-0.25, -0.2) is 4.39 Å². The quantitative estimate of drug-likeness (QED) is 0.879. The highest BCUT2D eigenvalue weighted by Crippen LogP contribution is 2.20. The van der Waals surface area contributed by atoms with E-state index >= 15 is 0 Å². The Morgan fingerprint density at radius 3 is 2.58 bits per heavy atom. The predicted octanol–water partition coefficient (Wildman–Crippen LogP) is 2.23. The van der Waals surface area contributed by atoms with Gasteiger partial charge in [0.2, 0.25) is 5.91 Å². The summed E-state index contributed by atoms with van der Waals surface area (Å²) in [7, 11) is 0. The molecule has 2 rings (SSSR count). The molecule has 0 radical (unpaired) electrons. The fourth-order valence-corrected chi connectivity index (χ4v) is 2.52. The Hall–Kier alpha value is -1.42. The van der Waals surface area contributed by atoms with Crippen molar-refractivity contribution in [3.05, 3.63) is 34.6 Å². The van der Waals surface area contributed by atoms with Crippen LogP contribution < -0.4 is 10.6 Å². The first-order valence-electron chi connectivity index (χ1n) is 6.76. The average Bonchev–Trinajstić information content (AvgIpc) is 2.89. The molecular weight excluding hydrogens is 243 g/mol. The molecule has 1 aliphatic rings. The third kappa shape index (κ3) is 3.13. The molecule has 19 heavy (non-hydrogen) atoms. The van der Waals surface area contributed by atoms with Gasteiger partial charge in [-0.15, -0.1) is 0 Å². The Labute approximate surface area is 113 Å². The van der Waals surface area contributed by atoms with E-state index in [1.54, 1.807) is 26.0 Å². The number of rotatable bonds is 3. The van der Waals surface area contributed by atoms with Gasteiger partial charge in [-0.05, 0) is 50.4 Å². The van der Waals surface area contributed by atoms with Crippen LogP contribution in [0.3, 0.4) is 0 Å². The maximum absolute atomic E-state index is 13.6. The van der Waals surface area contributed by atoms with Gasteiger partial charge in [-0.2, -0.15) is 0 Å². The van der Waals surface area contributed by atoms with E-state index in [1.165, 1.54) is 0 Å². The topological polar surface area (TPSA) is 41.1 Å². The molecule has 2 atom stereocenters. The molecule has 1 fully saturated rings. The van der Waals surface area contributed by atoms with Gasteiger partial charge in [0.25, 0.3) is 0 Å². The summed E-state index contributed by atoms with van der Waals surface area (Å²) in [6.07, 6.45) is 0.889. The van der Waals surface area contributed by atoms with Crippen LogP contribution in [0.4, 0.5) is 4.39 Å². The Kier molecular flexibility index (Phi) is 4.20. The molecule has 0 aromatic heterocycles. The Morgan fingerprint density at radius 1 is 1.42 bits per heavy atom. The molecule has 1 aliphatic heterocycles. The summed E-state index contributed by atoms with van der Waals surface area (Å²) in [5, 5.41) is 6.19. The van der Waals surface area contributed by atoms with Crippen LogP contribution in [0.25, 0.3) is 0 Å². The summed E-state index contributed by atoms with van der Waals surface area (Å²) in [5.74, 6) is -0.0236. The average molecular weight is 264 g/mol. The molecule has 1 amide bonds. The van der Waals surface area contributed by atoms with Gasteiger partial charge < -0.3 is 10.6 Å². The van der Waals surface area contributed by atoms with E-state index < -0.39 is 0 Å². The zero-order valence-electron chi connectivity index (χ0n) is 11.7. The minimum atomic E-state index is -0.165. The SMILES string of the molecule is Cc1cc([C@H](C)NC(=O)[C@H]2CCNC2)cc(C)c1F. The smallest absolute Gasteiger partial charge is 0.224 e. The second-order valence-electron chi connectivity index (χ2n) is 5.39. The molecular formula is C15H21FN2O. The van der Waals surface area contributed by atoms with Crippen molar-refractivity contribution < 1.29 is 9.18 Å². The van der Waals surface area contributed by atoms with Crippen LogP contribution in [-0.4, -0.2) is 19.0 Å². The first-order chi connectivity index (χ1) is 8.99. The second-order valence-corrected chi connectivity index (χ2v) is 5.39. The van der Waals surface area contributed by atoms with Crippen molar-refractivity contribution >= 4 is 5.91 Å². The second kappa shape index (κ2) is 5.70. The van der Waals surface area contributed by atoms with Crippen LogP contribution in [0.15, 0.2) is 12.1 Å². The number of hydrogen-bond donors (Lipinski definition) is 2. The molecule has 0 saturated carbocycles. The highest BCUT2D eigenvalue weighted by molar-refractivity contribution is 5.79. The lowest BCUT2D eigenvalue weighted by Gasteiger charge is -2.18. The lowest BCUT2D eigenvalue weighted by molar-refractivity contribution is -0.125. The number of amides is 1. The zero-order valence-corrected chi connectivity index (χ0v) is 11.7. The van der Waals surface area contributed by atoms with E-state index in [0.717, 1.165) is 25.1 Å². The number of carbonyl (C=O) groups excluding carboxylic acids is 1. The fourth-order valence-electron chi connectivity index (χ4n) is 2.52. The van der Waals surface area contributed by atoms with Crippen molar-refractivity contribution in [2.45, 2.75) is 33.2 Å². The third-order valence-electron chi connectivity index (χ3n) is 3.75. The monoisotopic (exact) mass is 264 g/mol. The number of nitrogens with one attached hydrogen (secondary N) is 2. The number of benzene rings is 1. The van der Waals surface area contributed by atoms with Gasteiger partial charge in [0, 0.05) is 6.54 Å². The largest absolute Gasteiger partial charge is 0.349 e. The van der Waals surface area contributed by atoms with E-state index in [4.69, 9.17) is 0 Å². The predicted molar refractivity (Wildman–Crippen MR) is 73.4 cm³/mol. The first-order valence-corrected chi connectivity index (χ1v) is 6.76. The van der Waals surface area contributed by atoms with Crippen LogP contribution in [0.5, 0.6) is 0 Å². The molecule has 3 nitrogen and oxygen atoms in total. The van der Waals surface area contributed by atoms with Crippen molar-refractivity contribution in [2.75, 3.05) is 13.1 Å². The molecule has 1 aromatic carbocycles. The summed E-state index contributed by atoms with van der Waals surface area (Å²) in [6, 6.07) is 3.52. The lowest BCUT2D eigenvalue weighted by Crippen LogP contribution is -2.33. The molecule has 0 bridgehead atoms. The standard InChI is InChI=1S/C15H21FN2O/c1-9-6-13(7-10(2)14(9)16)11(3)18-15(19)12-4-5-17-8-12/h6-7,11-12,17H,4-5,8H2,1-3H3,(H,18,19)/t11-,12-/m0/s1. The summed E-state index contributed by atoms with van der Waals surface area (Å²) >= 11 is 0. The van der Waals surface area contributed by atoms with E-state index in [9.17, 15) is 9.18 Å². The highest BCUT2D eigenvalue weighted by Gasteiger charge is 2.23. The highest BCUT2D eigenvalue weighted by atomic mass is 19.1. The van der Waals surface area contributed by atoms with Gasteiger partial charge in [-0.3, -0.25) is 4.79 Å². The molecule has 2 N–H and O–H groups in total. The van der Waals surface area contributed by atoms with E-state index in [0.29, 0.717) is 11.1 Å². The fraction of sp³-hybridized carbons (Fsp3) is 0.533. The van der Waals surface area contributed by atoms with Crippen LogP contribution in [-0.2, 0) is 4.79 Å². The Balaban J connectivity index is 2.07. The van der Waals surface area contributed by atoms with Crippen LogP contribution in [0.1, 0.15) is 36.1 Å². The van der Waals surface area contributed by atoms with Gasteiger partial charge >= 0.3 is 0 Å². The van der Waals surface area contributed by atoms with E-state index in [1.807, 2.05) is 6.92 Å². The summed E-state index contributed by atoms with van der Waals surface area (Å²) in [4.78, 5) is 12.0. The molecule has 1 aromatic rings. The first kappa shape index (κ1) is 14.0. The van der Waals surface area contributed by atoms with Gasteiger partial charge in [-0.1, -0.05) is 12.1 Å². The van der Waals surface area contributed by atoms with Crippen LogP contribution in [0.2, 0.25) is 0 Å². The van der Waals surface area contributed by atoms with Crippen molar-refractivity contribution in [1.29, 1.82) is 0 Å². The molecule has 0 spiro atoms. The van der Waals surface area contributed by atoms with Crippen molar-refractivity contribution in [3.8, 4) is 0 Å². The maximum Gasteiger partial charge on any atom is 0.224 e. The molecule has 0 unspecified atom stereocenters. The van der Waals surface area contributed by atoms with Crippen LogP contribution in [0, 0.1) is 25.6 Å². The Morgan fingerprint density at radius 2 is 2.05 bits per heavy atom. The summed E-state index contributed by atoms with van der Waals surface area (Å²) < 4.78 is 13.6. The lowest BCUT2D eigenvalue weighted by atomic mass is 10.0. The molecule has 4 heteroatoms. The van der Waals surface area contributed by atoms with E-state index in [2.05, 4.69) is 10.6 Å². The minimum absolute atomic E-state index is 0.0603. The molecule has 1 saturated heterocycles. The molecule has 104 valence electrons. The zero-order chi connectivity index (χ0) is 14.0. The Bertz CT molecular complexity index is 458. The maximum atomic E-state index is 13.6.